The molecule has 0 atom stereocenters. The van der Waals surface area contributed by atoms with Gasteiger partial charge in [0, 0.05) is 18.5 Å². The number of hydrogen-bond acceptors (Lipinski definition) is 2. The molecule has 4 heteroatoms. The van der Waals surface area contributed by atoms with Gasteiger partial charge in [0.05, 0.1) is 13.2 Å². The van der Waals surface area contributed by atoms with Crippen molar-refractivity contribution in [1.29, 1.82) is 0 Å². The average Bonchev–Trinajstić information content (AvgIpc) is 2.31. The number of aliphatic hydroxyl groups is 1. The molecule has 0 saturated carbocycles. The van der Waals surface area contributed by atoms with E-state index in [-0.39, 0.29) is 19.6 Å². The van der Waals surface area contributed by atoms with Gasteiger partial charge in [-0.1, -0.05) is 0 Å². The fourth-order valence-electron chi connectivity index (χ4n) is 1.35. The fraction of sp³-hybridized carbons (Fsp3) is 1.00. The van der Waals surface area contributed by atoms with Crippen molar-refractivity contribution in [3.05, 3.63) is 0 Å². The maximum Gasteiger partial charge on any atom is 0.261 e. The SMILES string of the molecule is CC(C)(CO)N1CCC(F)(F)C1. The van der Waals surface area contributed by atoms with E-state index in [0.717, 1.165) is 0 Å². The van der Waals surface area contributed by atoms with Crippen LogP contribution in [0.25, 0.3) is 0 Å². The lowest BCUT2D eigenvalue weighted by atomic mass is 10.1. The average molecular weight is 179 g/mol. The molecule has 1 fully saturated rings. The van der Waals surface area contributed by atoms with E-state index in [9.17, 15) is 8.78 Å². The molecule has 1 saturated heterocycles. The standard InChI is InChI=1S/C8H15F2NO/c1-7(2,6-12)11-4-3-8(9,10)5-11/h12H,3-6H2,1-2H3. The second-order valence-corrected chi connectivity index (χ2v) is 4.00. The number of halogens is 2. The van der Waals surface area contributed by atoms with Gasteiger partial charge in [0.1, 0.15) is 0 Å². The molecule has 0 aromatic carbocycles. The van der Waals surface area contributed by atoms with Crippen LogP contribution >= 0.6 is 0 Å². The summed E-state index contributed by atoms with van der Waals surface area (Å²) in [7, 11) is 0. The van der Waals surface area contributed by atoms with Crippen molar-refractivity contribution >= 4 is 0 Å². The van der Waals surface area contributed by atoms with E-state index < -0.39 is 11.5 Å². The van der Waals surface area contributed by atoms with Gasteiger partial charge in [-0.2, -0.15) is 0 Å². The van der Waals surface area contributed by atoms with Crippen LogP contribution < -0.4 is 0 Å². The fourth-order valence-corrected chi connectivity index (χ4v) is 1.35. The zero-order valence-corrected chi connectivity index (χ0v) is 7.48. The normalized spacial score (nSPS) is 24.8. The van der Waals surface area contributed by atoms with Crippen LogP contribution in [0.4, 0.5) is 8.78 Å². The number of nitrogens with zero attached hydrogens (tertiary/aromatic N) is 1. The van der Waals surface area contributed by atoms with E-state index in [4.69, 9.17) is 5.11 Å². The number of rotatable bonds is 2. The largest absolute Gasteiger partial charge is 0.394 e. The van der Waals surface area contributed by atoms with Crippen LogP contribution in [-0.2, 0) is 0 Å². The Morgan fingerprint density at radius 3 is 2.42 bits per heavy atom. The molecule has 1 aliphatic rings. The summed E-state index contributed by atoms with van der Waals surface area (Å²) in [6.07, 6.45) is -0.0869. The van der Waals surface area contributed by atoms with E-state index in [1.807, 2.05) is 0 Å². The minimum absolute atomic E-state index is 0.0803. The van der Waals surface area contributed by atoms with Crippen LogP contribution in [0.3, 0.4) is 0 Å². The van der Waals surface area contributed by atoms with Gasteiger partial charge in [0.25, 0.3) is 5.92 Å². The summed E-state index contributed by atoms with van der Waals surface area (Å²) in [4.78, 5) is 1.63. The Kier molecular flexibility index (Phi) is 2.40. The Hall–Kier alpha value is -0.220. The Labute approximate surface area is 71.2 Å². The van der Waals surface area contributed by atoms with Crippen molar-refractivity contribution in [3.63, 3.8) is 0 Å². The van der Waals surface area contributed by atoms with E-state index in [1.54, 1.807) is 18.7 Å². The molecule has 12 heavy (non-hydrogen) atoms. The monoisotopic (exact) mass is 179 g/mol. The number of likely N-dealkylation sites (tertiary alicyclic amines) is 1. The zero-order valence-electron chi connectivity index (χ0n) is 7.48. The first-order chi connectivity index (χ1) is 5.37. The Bertz CT molecular complexity index is 170. The third-order valence-electron chi connectivity index (χ3n) is 2.41. The van der Waals surface area contributed by atoms with Gasteiger partial charge in [-0.05, 0) is 13.8 Å². The highest BCUT2D eigenvalue weighted by molar-refractivity contribution is 4.90. The predicted molar refractivity (Wildman–Crippen MR) is 42.3 cm³/mol. The van der Waals surface area contributed by atoms with Crippen molar-refractivity contribution in [1.82, 2.24) is 4.90 Å². The molecular weight excluding hydrogens is 164 g/mol. The summed E-state index contributed by atoms with van der Waals surface area (Å²) in [6, 6.07) is 0. The van der Waals surface area contributed by atoms with Crippen LogP contribution in [0.15, 0.2) is 0 Å². The first-order valence-electron chi connectivity index (χ1n) is 4.11. The summed E-state index contributed by atoms with van der Waals surface area (Å²) >= 11 is 0. The Balaban J connectivity index is 2.58. The summed E-state index contributed by atoms with van der Waals surface area (Å²) in [5, 5.41) is 8.94. The summed E-state index contributed by atoms with van der Waals surface area (Å²) in [5.74, 6) is -2.56. The molecule has 72 valence electrons. The maximum absolute atomic E-state index is 12.7. The zero-order chi connectivity index (χ0) is 9.41. The molecule has 0 aromatic rings. The summed E-state index contributed by atoms with van der Waals surface area (Å²) in [6.45, 7) is 3.62. The van der Waals surface area contributed by atoms with Crippen LogP contribution in [-0.4, -0.2) is 41.2 Å². The second-order valence-electron chi connectivity index (χ2n) is 4.00. The number of hydrogen-bond donors (Lipinski definition) is 1. The quantitative estimate of drug-likeness (QED) is 0.686. The first-order valence-corrected chi connectivity index (χ1v) is 4.11. The number of alkyl halides is 2. The van der Waals surface area contributed by atoms with Crippen molar-refractivity contribution in [3.8, 4) is 0 Å². The molecule has 1 heterocycles. The van der Waals surface area contributed by atoms with Gasteiger partial charge in [-0.3, -0.25) is 4.90 Å². The van der Waals surface area contributed by atoms with Gasteiger partial charge < -0.3 is 5.11 Å². The van der Waals surface area contributed by atoms with Gasteiger partial charge in [-0.15, -0.1) is 0 Å². The van der Waals surface area contributed by atoms with Crippen molar-refractivity contribution < 1.29 is 13.9 Å². The maximum atomic E-state index is 12.7. The molecule has 0 aromatic heterocycles. The minimum atomic E-state index is -2.56. The molecule has 0 bridgehead atoms. The van der Waals surface area contributed by atoms with E-state index in [2.05, 4.69) is 0 Å². The second kappa shape index (κ2) is 2.92. The van der Waals surface area contributed by atoms with E-state index in [1.165, 1.54) is 0 Å². The van der Waals surface area contributed by atoms with Crippen molar-refractivity contribution in [2.24, 2.45) is 0 Å². The smallest absolute Gasteiger partial charge is 0.261 e. The van der Waals surface area contributed by atoms with Crippen LogP contribution in [0.1, 0.15) is 20.3 Å². The lowest BCUT2D eigenvalue weighted by molar-refractivity contribution is -0.00872. The van der Waals surface area contributed by atoms with Crippen molar-refractivity contribution in [2.75, 3.05) is 19.7 Å². The third kappa shape index (κ3) is 1.93. The lowest BCUT2D eigenvalue weighted by Crippen LogP contribution is -2.46. The van der Waals surface area contributed by atoms with Crippen LogP contribution in [0, 0.1) is 0 Å². The molecule has 0 spiro atoms. The molecule has 1 rings (SSSR count). The Morgan fingerprint density at radius 1 is 1.50 bits per heavy atom. The van der Waals surface area contributed by atoms with Crippen molar-refractivity contribution in [2.45, 2.75) is 31.7 Å². The molecule has 0 radical (unpaired) electrons. The Morgan fingerprint density at radius 2 is 2.08 bits per heavy atom. The van der Waals surface area contributed by atoms with E-state index in [0.29, 0.717) is 6.54 Å². The van der Waals surface area contributed by atoms with E-state index >= 15 is 0 Å². The highest BCUT2D eigenvalue weighted by Crippen LogP contribution is 2.31. The summed E-state index contributed by atoms with van der Waals surface area (Å²) in [5.41, 5.74) is -0.514. The van der Waals surface area contributed by atoms with Gasteiger partial charge in [0.15, 0.2) is 0 Å². The molecule has 0 unspecified atom stereocenters. The predicted octanol–water partition coefficient (Wildman–Crippen LogP) is 1.10. The van der Waals surface area contributed by atoms with Crippen LogP contribution in [0.2, 0.25) is 0 Å². The lowest BCUT2D eigenvalue weighted by Gasteiger charge is -2.33. The van der Waals surface area contributed by atoms with Crippen LogP contribution in [0.5, 0.6) is 0 Å². The molecule has 1 N–H and O–H groups in total. The molecule has 0 aliphatic carbocycles. The topological polar surface area (TPSA) is 23.5 Å². The number of aliphatic hydroxyl groups excluding tert-OH is 1. The molecular formula is C8H15F2NO. The first kappa shape index (κ1) is 9.86. The highest BCUT2D eigenvalue weighted by Gasteiger charge is 2.43. The molecule has 1 aliphatic heterocycles. The van der Waals surface area contributed by atoms with Gasteiger partial charge in [-0.25, -0.2) is 8.78 Å². The van der Waals surface area contributed by atoms with Gasteiger partial charge in [0.2, 0.25) is 0 Å². The molecule has 2 nitrogen and oxygen atoms in total. The minimum Gasteiger partial charge on any atom is -0.394 e. The molecule has 0 amide bonds. The highest BCUT2D eigenvalue weighted by atomic mass is 19.3. The summed E-state index contributed by atoms with van der Waals surface area (Å²) < 4.78 is 25.5. The third-order valence-corrected chi connectivity index (χ3v) is 2.41. The van der Waals surface area contributed by atoms with Gasteiger partial charge >= 0.3 is 0 Å².